The second kappa shape index (κ2) is 5.11. The summed E-state index contributed by atoms with van der Waals surface area (Å²) in [5.41, 5.74) is 5.76. The van der Waals surface area contributed by atoms with Gasteiger partial charge in [0.25, 0.3) is 5.91 Å². The van der Waals surface area contributed by atoms with Gasteiger partial charge in [-0.15, -0.1) is 0 Å². The Balaban J connectivity index is 2.03. The van der Waals surface area contributed by atoms with Crippen molar-refractivity contribution >= 4 is 28.2 Å². The summed E-state index contributed by atoms with van der Waals surface area (Å²) in [7, 11) is 1.91. The number of nitrogens with zero attached hydrogens (tertiary/aromatic N) is 2. The van der Waals surface area contributed by atoms with Gasteiger partial charge in [-0.2, -0.15) is 0 Å². The van der Waals surface area contributed by atoms with E-state index >= 15 is 0 Å². The topological polar surface area (TPSA) is 91.5 Å². The number of aromatic nitrogens is 1. The molecule has 0 saturated heterocycles. The molecule has 0 aliphatic heterocycles. The van der Waals surface area contributed by atoms with E-state index in [1.54, 1.807) is 0 Å². The van der Waals surface area contributed by atoms with Gasteiger partial charge in [-0.1, -0.05) is 11.3 Å². The molecule has 1 heterocycles. The van der Waals surface area contributed by atoms with Crippen molar-refractivity contribution in [2.75, 3.05) is 24.2 Å². The van der Waals surface area contributed by atoms with Crippen molar-refractivity contribution in [2.24, 2.45) is 0 Å². The lowest BCUT2D eigenvalue weighted by Gasteiger charge is -2.31. The van der Waals surface area contributed by atoms with E-state index in [9.17, 15) is 9.90 Å². The highest BCUT2D eigenvalue weighted by Gasteiger charge is 2.30. The average Bonchev–Trinajstić information content (AvgIpc) is 2.68. The van der Waals surface area contributed by atoms with Gasteiger partial charge in [-0.05, 0) is 19.8 Å². The van der Waals surface area contributed by atoms with Gasteiger partial charge >= 0.3 is 0 Å². The number of carbonyl (C=O) groups excluding carboxylic acids is 1. The Morgan fingerprint density at radius 1 is 1.67 bits per heavy atom. The Kier molecular flexibility index (Phi) is 3.72. The maximum Gasteiger partial charge on any atom is 0.265 e. The van der Waals surface area contributed by atoms with Crippen molar-refractivity contribution in [3.63, 3.8) is 0 Å². The van der Waals surface area contributed by atoms with Crippen LogP contribution in [-0.4, -0.2) is 41.7 Å². The van der Waals surface area contributed by atoms with E-state index in [4.69, 9.17) is 5.73 Å². The summed E-state index contributed by atoms with van der Waals surface area (Å²) < 4.78 is 0. The summed E-state index contributed by atoms with van der Waals surface area (Å²) in [5.74, 6) is 0.0744. The molecule has 1 amide bonds. The van der Waals surface area contributed by atoms with Crippen LogP contribution in [0, 0.1) is 0 Å². The van der Waals surface area contributed by atoms with E-state index in [0.717, 1.165) is 11.7 Å². The number of nitrogens with one attached hydrogen (secondary N) is 1. The molecule has 0 aromatic carbocycles. The quantitative estimate of drug-likeness (QED) is 0.738. The number of thiazole rings is 1. The predicted octanol–water partition coefficient (Wildman–Crippen LogP) is 0.435. The number of hydrogen-bond acceptors (Lipinski definition) is 6. The molecule has 1 aromatic rings. The molecule has 0 bridgehead atoms. The Labute approximate surface area is 110 Å². The molecular formula is C11H18N4O2S. The number of anilines is 2. The first-order chi connectivity index (χ1) is 8.51. The number of aliphatic hydroxyl groups excluding tert-OH is 1. The first-order valence-corrected chi connectivity index (χ1v) is 6.79. The van der Waals surface area contributed by atoms with E-state index in [2.05, 4.69) is 10.3 Å². The van der Waals surface area contributed by atoms with Crippen LogP contribution in [0.25, 0.3) is 0 Å². The van der Waals surface area contributed by atoms with Crippen molar-refractivity contribution in [1.82, 2.24) is 10.3 Å². The molecule has 7 heteroatoms. The molecule has 0 radical (unpaired) electrons. The third-order valence-corrected chi connectivity index (χ3v) is 4.28. The zero-order chi connectivity index (χ0) is 13.3. The van der Waals surface area contributed by atoms with E-state index in [1.807, 2.05) is 18.9 Å². The number of nitrogens with two attached hydrogens (primary N) is 1. The Morgan fingerprint density at radius 3 is 2.89 bits per heavy atom. The summed E-state index contributed by atoms with van der Waals surface area (Å²) in [6.07, 6.45) is 0.953. The fourth-order valence-corrected chi connectivity index (χ4v) is 2.65. The van der Waals surface area contributed by atoms with Crippen LogP contribution in [0.3, 0.4) is 0 Å². The highest BCUT2D eigenvalue weighted by molar-refractivity contribution is 7.18. The predicted molar refractivity (Wildman–Crippen MR) is 72.0 cm³/mol. The van der Waals surface area contributed by atoms with Crippen molar-refractivity contribution in [3.8, 4) is 0 Å². The first-order valence-electron chi connectivity index (χ1n) is 5.97. The number of aliphatic hydroxyl groups is 1. The second-order valence-electron chi connectivity index (χ2n) is 4.52. The number of nitrogen functional groups attached to an aromatic ring is 1. The fraction of sp³-hybridized carbons (Fsp3) is 0.636. The molecule has 0 atom stereocenters. The average molecular weight is 270 g/mol. The van der Waals surface area contributed by atoms with Crippen LogP contribution in [0.2, 0.25) is 0 Å². The highest BCUT2D eigenvalue weighted by Crippen LogP contribution is 2.28. The van der Waals surface area contributed by atoms with Crippen LogP contribution in [-0.2, 0) is 0 Å². The van der Waals surface area contributed by atoms with Gasteiger partial charge in [-0.3, -0.25) is 4.79 Å². The molecule has 1 fully saturated rings. The van der Waals surface area contributed by atoms with Gasteiger partial charge in [0.2, 0.25) is 0 Å². The molecule has 1 aliphatic carbocycles. The summed E-state index contributed by atoms with van der Waals surface area (Å²) in [6, 6.07) is 0.0568. The van der Waals surface area contributed by atoms with Crippen LogP contribution in [0.1, 0.15) is 29.4 Å². The van der Waals surface area contributed by atoms with Crippen molar-refractivity contribution in [3.05, 3.63) is 4.88 Å². The number of hydrogen-bond donors (Lipinski definition) is 3. The molecule has 1 aromatic heterocycles. The van der Waals surface area contributed by atoms with Crippen molar-refractivity contribution in [2.45, 2.75) is 31.9 Å². The standard InChI is InChI=1S/C11H18N4O2S/c1-3-15(2)11-14-9(12)8(18-11)10(17)13-6-4-7(16)5-6/h6-7,16H,3-5,12H2,1-2H3,(H,13,17). The van der Waals surface area contributed by atoms with E-state index in [1.165, 1.54) is 11.3 Å². The minimum atomic E-state index is -0.282. The van der Waals surface area contributed by atoms with Gasteiger partial charge in [-0.25, -0.2) is 4.98 Å². The zero-order valence-corrected chi connectivity index (χ0v) is 11.3. The summed E-state index contributed by atoms with van der Waals surface area (Å²) in [4.78, 5) is 18.5. The molecule has 18 heavy (non-hydrogen) atoms. The lowest BCUT2D eigenvalue weighted by Crippen LogP contribution is -2.46. The number of amides is 1. The van der Waals surface area contributed by atoms with E-state index in [0.29, 0.717) is 17.7 Å². The Hall–Kier alpha value is -1.34. The van der Waals surface area contributed by atoms with Crippen LogP contribution < -0.4 is 16.0 Å². The highest BCUT2D eigenvalue weighted by atomic mass is 32.1. The van der Waals surface area contributed by atoms with Crippen molar-refractivity contribution in [1.29, 1.82) is 0 Å². The molecule has 0 spiro atoms. The molecule has 1 aliphatic rings. The number of carbonyl (C=O) groups is 1. The maximum absolute atomic E-state index is 12.0. The number of rotatable bonds is 4. The smallest absolute Gasteiger partial charge is 0.265 e. The molecule has 100 valence electrons. The van der Waals surface area contributed by atoms with E-state index in [-0.39, 0.29) is 23.9 Å². The lowest BCUT2D eigenvalue weighted by atomic mass is 9.89. The summed E-state index contributed by atoms with van der Waals surface area (Å²) >= 11 is 1.29. The second-order valence-corrected chi connectivity index (χ2v) is 5.50. The third kappa shape index (κ3) is 2.56. The van der Waals surface area contributed by atoms with Crippen LogP contribution in [0.15, 0.2) is 0 Å². The molecule has 0 unspecified atom stereocenters. The SMILES string of the molecule is CCN(C)c1nc(N)c(C(=O)NC2CC(O)C2)s1. The normalized spacial score (nSPS) is 22.4. The largest absolute Gasteiger partial charge is 0.393 e. The van der Waals surface area contributed by atoms with Gasteiger partial charge in [0, 0.05) is 19.6 Å². The van der Waals surface area contributed by atoms with Gasteiger partial charge in [0.15, 0.2) is 5.13 Å². The van der Waals surface area contributed by atoms with Gasteiger partial charge < -0.3 is 21.1 Å². The van der Waals surface area contributed by atoms with Crippen LogP contribution >= 0.6 is 11.3 Å². The molecule has 4 N–H and O–H groups in total. The Bertz CT molecular complexity index is 442. The van der Waals surface area contributed by atoms with Crippen molar-refractivity contribution < 1.29 is 9.90 Å². The third-order valence-electron chi connectivity index (χ3n) is 3.10. The van der Waals surface area contributed by atoms with Crippen LogP contribution in [0.4, 0.5) is 10.9 Å². The van der Waals surface area contributed by atoms with Gasteiger partial charge in [0.1, 0.15) is 10.7 Å². The molecule has 1 saturated carbocycles. The minimum absolute atomic E-state index is 0.0568. The Morgan fingerprint density at radius 2 is 2.33 bits per heavy atom. The fourth-order valence-electron chi connectivity index (χ4n) is 1.74. The monoisotopic (exact) mass is 270 g/mol. The molecule has 2 rings (SSSR count). The zero-order valence-electron chi connectivity index (χ0n) is 10.5. The molecular weight excluding hydrogens is 252 g/mol. The maximum atomic E-state index is 12.0. The molecule has 6 nitrogen and oxygen atoms in total. The lowest BCUT2D eigenvalue weighted by molar-refractivity contribution is 0.0565. The summed E-state index contributed by atoms with van der Waals surface area (Å²) in [6.45, 7) is 2.82. The van der Waals surface area contributed by atoms with E-state index < -0.39 is 0 Å². The van der Waals surface area contributed by atoms with Gasteiger partial charge in [0.05, 0.1) is 6.10 Å². The van der Waals surface area contributed by atoms with Crippen LogP contribution in [0.5, 0.6) is 0 Å². The summed E-state index contributed by atoms with van der Waals surface area (Å²) in [5, 5.41) is 12.8. The first kappa shape index (κ1) is 13.1. The minimum Gasteiger partial charge on any atom is -0.393 e.